The van der Waals surface area contributed by atoms with Crippen molar-refractivity contribution < 1.29 is 14.6 Å². The fraction of sp³-hybridized carbons (Fsp3) is 0.650. The van der Waals surface area contributed by atoms with Gasteiger partial charge in [-0.2, -0.15) is 0 Å². The Bertz CT molecular complexity index is 593. The van der Waals surface area contributed by atoms with Crippen LogP contribution in [-0.4, -0.2) is 54.8 Å². The average Bonchev–Trinajstić information content (AvgIpc) is 2.67. The van der Waals surface area contributed by atoms with E-state index >= 15 is 0 Å². The summed E-state index contributed by atoms with van der Waals surface area (Å²) in [5.74, 6) is 0.949. The van der Waals surface area contributed by atoms with Gasteiger partial charge in [0.15, 0.2) is 0 Å². The van der Waals surface area contributed by atoms with Gasteiger partial charge in [0.05, 0.1) is 10.0 Å². The number of carboxylic acids is 1. The highest BCUT2D eigenvalue weighted by Gasteiger charge is 2.23. The molecule has 1 aromatic rings. The summed E-state index contributed by atoms with van der Waals surface area (Å²) in [4.78, 5) is 12.0. The monoisotopic (exact) mass is 488 g/mol. The standard InChI is InChI=1S/C17H24Cl2N2O.C3H6O2.2ClH/c18-16-2-1-15(11-17(16)19)22-14-5-9-21(10-6-14)12-13-3-7-20-8-4-13;1-2-3(4)5;;/h1-2,11,13-14,20H,3-10,12H2;2H2,1H3,(H,4,5);2*1H. The Labute approximate surface area is 196 Å². The molecule has 0 unspecified atom stereocenters. The van der Waals surface area contributed by atoms with Gasteiger partial charge in [-0.05, 0) is 56.8 Å². The van der Waals surface area contributed by atoms with Gasteiger partial charge in [-0.3, -0.25) is 4.79 Å². The van der Waals surface area contributed by atoms with Gasteiger partial charge in [0, 0.05) is 32.1 Å². The summed E-state index contributed by atoms with van der Waals surface area (Å²) >= 11 is 12.0. The van der Waals surface area contributed by atoms with E-state index < -0.39 is 5.97 Å². The molecule has 0 atom stereocenters. The molecule has 0 aromatic heterocycles. The van der Waals surface area contributed by atoms with Crippen LogP contribution in [-0.2, 0) is 4.79 Å². The second-order valence-electron chi connectivity index (χ2n) is 7.13. The van der Waals surface area contributed by atoms with Crippen LogP contribution in [0.5, 0.6) is 5.75 Å². The zero-order valence-electron chi connectivity index (χ0n) is 16.7. The van der Waals surface area contributed by atoms with Gasteiger partial charge in [0.25, 0.3) is 0 Å². The first-order valence-electron chi connectivity index (χ1n) is 9.74. The minimum atomic E-state index is -0.745. The Kier molecular flexibility index (Phi) is 15.2. The maximum Gasteiger partial charge on any atom is 0.303 e. The molecule has 2 aliphatic heterocycles. The quantitative estimate of drug-likeness (QED) is 0.597. The second kappa shape index (κ2) is 15.4. The van der Waals surface area contributed by atoms with E-state index in [2.05, 4.69) is 10.2 Å². The van der Waals surface area contributed by atoms with Gasteiger partial charge in [0.2, 0.25) is 0 Å². The van der Waals surface area contributed by atoms with Crippen molar-refractivity contribution in [2.45, 2.75) is 45.1 Å². The fourth-order valence-corrected chi connectivity index (χ4v) is 3.67. The predicted molar refractivity (Wildman–Crippen MR) is 125 cm³/mol. The predicted octanol–water partition coefficient (Wildman–Crippen LogP) is 5.16. The SMILES string of the molecule is CCC(=O)O.Cl.Cl.Clc1ccc(OC2CCN(CC3CCNCC3)CC2)cc1Cl. The lowest BCUT2D eigenvalue weighted by Crippen LogP contribution is -2.42. The van der Waals surface area contributed by atoms with Gasteiger partial charge in [-0.1, -0.05) is 30.1 Å². The van der Waals surface area contributed by atoms with Crippen LogP contribution in [0.25, 0.3) is 0 Å². The lowest BCUT2D eigenvalue weighted by molar-refractivity contribution is -0.136. The van der Waals surface area contributed by atoms with Crippen LogP contribution in [0.3, 0.4) is 0 Å². The van der Waals surface area contributed by atoms with E-state index in [9.17, 15) is 4.79 Å². The van der Waals surface area contributed by atoms with Crippen molar-refractivity contribution in [3.8, 4) is 5.75 Å². The normalized spacial score (nSPS) is 17.9. The lowest BCUT2D eigenvalue weighted by atomic mass is 9.96. The lowest BCUT2D eigenvalue weighted by Gasteiger charge is -2.35. The van der Waals surface area contributed by atoms with Gasteiger partial charge in [-0.25, -0.2) is 0 Å². The summed E-state index contributed by atoms with van der Waals surface area (Å²) < 4.78 is 6.05. The van der Waals surface area contributed by atoms with E-state index in [4.69, 9.17) is 33.0 Å². The molecule has 0 radical (unpaired) electrons. The zero-order valence-corrected chi connectivity index (χ0v) is 19.9. The van der Waals surface area contributed by atoms with Gasteiger partial charge >= 0.3 is 5.97 Å². The van der Waals surface area contributed by atoms with Crippen molar-refractivity contribution in [1.29, 1.82) is 0 Å². The van der Waals surface area contributed by atoms with E-state index in [0.717, 1.165) is 37.6 Å². The van der Waals surface area contributed by atoms with Crippen molar-refractivity contribution in [3.05, 3.63) is 28.2 Å². The maximum atomic E-state index is 9.37. The number of nitrogens with one attached hydrogen (secondary N) is 1. The van der Waals surface area contributed by atoms with E-state index in [1.807, 2.05) is 12.1 Å². The third-order valence-corrected chi connectivity index (χ3v) is 5.75. The molecule has 0 spiro atoms. The highest BCUT2D eigenvalue weighted by molar-refractivity contribution is 6.42. The van der Waals surface area contributed by atoms with E-state index in [0.29, 0.717) is 16.1 Å². The summed E-state index contributed by atoms with van der Waals surface area (Å²) in [7, 11) is 0. The molecule has 2 saturated heterocycles. The van der Waals surface area contributed by atoms with Gasteiger partial charge in [-0.15, -0.1) is 24.8 Å². The highest BCUT2D eigenvalue weighted by atomic mass is 35.5. The number of benzene rings is 1. The Morgan fingerprint density at radius 1 is 1.14 bits per heavy atom. The van der Waals surface area contributed by atoms with Crippen molar-refractivity contribution in [2.24, 2.45) is 5.92 Å². The summed E-state index contributed by atoms with van der Waals surface area (Å²) in [5.41, 5.74) is 0. The third kappa shape index (κ3) is 11.0. The Balaban J connectivity index is 0.00000101. The summed E-state index contributed by atoms with van der Waals surface area (Å²) in [5, 5.41) is 12.3. The van der Waals surface area contributed by atoms with Crippen LogP contribution >= 0.6 is 48.0 Å². The Morgan fingerprint density at radius 2 is 1.72 bits per heavy atom. The van der Waals surface area contributed by atoms with Crippen LogP contribution < -0.4 is 10.1 Å². The van der Waals surface area contributed by atoms with Crippen molar-refractivity contribution in [2.75, 3.05) is 32.7 Å². The molecule has 0 bridgehead atoms. The molecule has 0 saturated carbocycles. The minimum Gasteiger partial charge on any atom is -0.490 e. The maximum absolute atomic E-state index is 9.37. The molecule has 2 heterocycles. The fourth-order valence-electron chi connectivity index (χ4n) is 3.38. The number of likely N-dealkylation sites (tertiary alicyclic amines) is 1. The molecule has 3 rings (SSSR count). The average molecular weight is 490 g/mol. The van der Waals surface area contributed by atoms with Crippen LogP contribution in [0.2, 0.25) is 10.0 Å². The van der Waals surface area contributed by atoms with Crippen LogP contribution in [0.1, 0.15) is 39.0 Å². The first-order chi connectivity index (χ1) is 13.0. The van der Waals surface area contributed by atoms with Crippen molar-refractivity contribution in [1.82, 2.24) is 10.2 Å². The topological polar surface area (TPSA) is 61.8 Å². The van der Waals surface area contributed by atoms with E-state index in [1.54, 1.807) is 13.0 Å². The first-order valence-corrected chi connectivity index (χ1v) is 10.5. The summed E-state index contributed by atoms with van der Waals surface area (Å²) in [6, 6.07) is 5.51. The number of ether oxygens (including phenoxy) is 1. The molecular formula is C20H32Cl4N2O3. The molecule has 2 fully saturated rings. The number of piperidine rings is 2. The number of rotatable bonds is 5. The van der Waals surface area contributed by atoms with Gasteiger partial charge in [0.1, 0.15) is 11.9 Å². The third-order valence-electron chi connectivity index (χ3n) is 5.01. The second-order valence-corrected chi connectivity index (χ2v) is 7.95. The molecule has 2 aliphatic rings. The number of hydrogen-bond donors (Lipinski definition) is 2. The minimum absolute atomic E-state index is 0. The number of nitrogens with zero attached hydrogens (tertiary/aromatic N) is 1. The molecule has 0 amide bonds. The Morgan fingerprint density at radius 3 is 2.24 bits per heavy atom. The summed E-state index contributed by atoms with van der Waals surface area (Å²) in [6.07, 6.45) is 5.33. The van der Waals surface area contributed by atoms with E-state index in [1.165, 1.54) is 32.5 Å². The number of aliphatic carboxylic acids is 1. The molecule has 1 aromatic carbocycles. The number of hydrogen-bond acceptors (Lipinski definition) is 4. The zero-order chi connectivity index (χ0) is 19.6. The molecule has 2 N–H and O–H groups in total. The first kappa shape index (κ1) is 28.6. The molecule has 5 nitrogen and oxygen atoms in total. The van der Waals surface area contributed by atoms with Gasteiger partial charge < -0.3 is 20.1 Å². The van der Waals surface area contributed by atoms with E-state index in [-0.39, 0.29) is 31.2 Å². The number of halogens is 4. The van der Waals surface area contributed by atoms with Crippen LogP contribution in [0, 0.1) is 5.92 Å². The molecule has 9 heteroatoms. The Hall–Kier alpha value is -0.430. The molecular weight excluding hydrogens is 458 g/mol. The highest BCUT2D eigenvalue weighted by Crippen LogP contribution is 2.28. The largest absolute Gasteiger partial charge is 0.490 e. The van der Waals surface area contributed by atoms with Crippen molar-refractivity contribution >= 4 is 54.0 Å². The molecule has 168 valence electrons. The van der Waals surface area contributed by atoms with Crippen molar-refractivity contribution in [3.63, 3.8) is 0 Å². The number of carboxylic acid groups (broad SMARTS) is 1. The molecule has 29 heavy (non-hydrogen) atoms. The van der Waals surface area contributed by atoms with Crippen LogP contribution in [0.15, 0.2) is 18.2 Å². The molecule has 0 aliphatic carbocycles. The smallest absolute Gasteiger partial charge is 0.303 e. The number of carbonyl (C=O) groups is 1. The van der Waals surface area contributed by atoms with Crippen LogP contribution in [0.4, 0.5) is 0 Å². The summed E-state index contributed by atoms with van der Waals surface area (Å²) in [6.45, 7) is 7.48.